The van der Waals surface area contributed by atoms with Gasteiger partial charge in [0.2, 0.25) is 0 Å². The van der Waals surface area contributed by atoms with Gasteiger partial charge in [-0.2, -0.15) is 0 Å². The summed E-state index contributed by atoms with van der Waals surface area (Å²) in [6.07, 6.45) is 11.3. The number of hydrogen-bond acceptors (Lipinski definition) is 9. The minimum Gasteiger partial charge on any atom is -0.512 e. The fraction of sp³-hybridized carbons (Fsp3) is 0.333. The number of rotatable bonds is 17. The van der Waals surface area contributed by atoms with Gasteiger partial charge >= 0.3 is 0 Å². The molecule has 3 heterocycles. The Morgan fingerprint density at radius 2 is 0.850 bits per heavy atom. The van der Waals surface area contributed by atoms with Gasteiger partial charge in [0.25, 0.3) is 0 Å². The summed E-state index contributed by atoms with van der Waals surface area (Å²) in [5, 5.41) is 31.5. The third-order valence-electron chi connectivity index (χ3n) is 23.2. The summed E-state index contributed by atoms with van der Waals surface area (Å²) >= 11 is 0. The number of allylic oxidation sites excluding steroid dienone is 6. The van der Waals surface area contributed by atoms with Gasteiger partial charge < -0.3 is 20.3 Å². The number of aliphatic hydroxyl groups excluding tert-OH is 3. The van der Waals surface area contributed by atoms with E-state index in [0.29, 0.717) is 17.8 Å². The predicted molar refractivity (Wildman–Crippen MR) is 489 cm³/mol. The molecule has 3 N–H and O–H groups in total. The molecule has 0 aliphatic heterocycles. The van der Waals surface area contributed by atoms with Crippen molar-refractivity contribution in [2.45, 2.75) is 213 Å². The minimum atomic E-state index is -0.125. The Bertz CT molecular complexity index is 5720. The maximum Gasteiger partial charge on any atom is 0.162 e. The Balaban J connectivity index is 0.000000211. The average Bonchev–Trinajstić information content (AvgIpc) is 1.58. The molecule has 0 saturated carbocycles. The summed E-state index contributed by atoms with van der Waals surface area (Å²) in [5.74, 6) is 2.20. The van der Waals surface area contributed by atoms with E-state index in [2.05, 4.69) is 297 Å². The zero-order valence-electron chi connectivity index (χ0n) is 74.2. The largest absolute Gasteiger partial charge is 0.512 e. The summed E-state index contributed by atoms with van der Waals surface area (Å²) in [7, 11) is 0. The van der Waals surface area contributed by atoms with E-state index in [1.54, 1.807) is 0 Å². The first-order valence-electron chi connectivity index (χ1n) is 41.9. The van der Waals surface area contributed by atoms with E-state index in [-0.39, 0.29) is 123 Å². The second-order valence-electron chi connectivity index (χ2n) is 34.5. The van der Waals surface area contributed by atoms with E-state index in [4.69, 9.17) is 25.2 Å². The molecule has 0 fully saturated rings. The van der Waals surface area contributed by atoms with E-state index in [0.717, 1.165) is 83.3 Å². The van der Waals surface area contributed by atoms with Gasteiger partial charge in [-0.05, 0) is 180 Å². The monoisotopic (exact) mass is 2130 g/mol. The Morgan fingerprint density at radius 3 is 1.29 bits per heavy atom. The van der Waals surface area contributed by atoms with Crippen LogP contribution in [0.15, 0.2) is 224 Å². The van der Waals surface area contributed by atoms with Crippen LogP contribution in [0.1, 0.15) is 231 Å². The fourth-order valence-corrected chi connectivity index (χ4v) is 17.1. The fourth-order valence-electron chi connectivity index (χ4n) is 17.1. The number of aryl methyl sites for hydroxylation is 2. The van der Waals surface area contributed by atoms with Gasteiger partial charge in [0.05, 0.1) is 28.3 Å². The van der Waals surface area contributed by atoms with E-state index < -0.39 is 0 Å². The van der Waals surface area contributed by atoms with Crippen LogP contribution >= 0.6 is 0 Å². The summed E-state index contributed by atoms with van der Waals surface area (Å²) < 4.78 is 0. The Kier molecular flexibility index (Phi) is 34.7. The summed E-state index contributed by atoms with van der Waals surface area (Å²) in [6, 6.07) is 76.8. The molecule has 3 radical (unpaired) electrons. The van der Waals surface area contributed by atoms with Crippen molar-refractivity contribution >= 4 is 49.9 Å². The Morgan fingerprint density at radius 1 is 0.433 bits per heavy atom. The van der Waals surface area contributed by atoms with E-state index in [1.807, 2.05) is 33.9 Å². The van der Waals surface area contributed by atoms with Crippen molar-refractivity contribution in [1.29, 1.82) is 0 Å². The molecule has 0 saturated heterocycles. The molecule has 633 valence electrons. The smallest absolute Gasteiger partial charge is 0.162 e. The average molecular weight is 2130 g/mol. The van der Waals surface area contributed by atoms with Crippen molar-refractivity contribution in [3.8, 4) is 67.2 Å². The minimum absolute atomic E-state index is 0. The summed E-state index contributed by atoms with van der Waals surface area (Å²) in [6.45, 7) is 45.6. The number of nitrogens with zero attached hydrogens (tertiary/aromatic N) is 3. The number of carbonyl (C=O) groups is 3. The number of benzene rings is 9. The number of hydrogen-bond donors (Lipinski definition) is 3. The van der Waals surface area contributed by atoms with Gasteiger partial charge in [-0.3, -0.25) is 24.4 Å². The molecule has 3 aliphatic carbocycles. The summed E-state index contributed by atoms with van der Waals surface area (Å²) in [5.41, 5.74) is 31.2. The van der Waals surface area contributed by atoms with Crippen LogP contribution in [0.3, 0.4) is 0 Å². The van der Waals surface area contributed by atoms with Crippen molar-refractivity contribution in [1.82, 2.24) is 15.0 Å². The number of carbonyl (C=O) groups excluding carboxylic acids is 3. The van der Waals surface area contributed by atoms with Crippen LogP contribution in [0, 0.1) is 55.7 Å². The van der Waals surface area contributed by atoms with Gasteiger partial charge in [-0.15, -0.1) is 87.0 Å². The van der Waals surface area contributed by atoms with E-state index >= 15 is 0 Å². The van der Waals surface area contributed by atoms with Crippen LogP contribution in [-0.4, -0.2) is 47.6 Å². The van der Waals surface area contributed by atoms with Crippen LogP contribution in [0.25, 0.3) is 99.7 Å². The Labute approximate surface area is 755 Å². The number of ketones is 3. The second-order valence-corrected chi connectivity index (χ2v) is 34.5. The number of aliphatic hydroxyl groups is 3. The Hall–Kier alpha value is -9.21. The second kappa shape index (κ2) is 42.5. The molecule has 3 aromatic heterocycles. The van der Waals surface area contributed by atoms with E-state index in [1.165, 1.54) is 162 Å². The molecule has 0 unspecified atom stereocenters. The van der Waals surface area contributed by atoms with Crippen LogP contribution in [0.2, 0.25) is 0 Å². The molecule has 0 atom stereocenters. The molecule has 12 aromatic rings. The van der Waals surface area contributed by atoms with Gasteiger partial charge in [0, 0.05) is 107 Å². The number of pyridine rings is 3. The van der Waals surface area contributed by atoms with Crippen LogP contribution < -0.4 is 0 Å². The van der Waals surface area contributed by atoms with E-state index in [9.17, 15) is 19.5 Å². The normalized spacial score (nSPS) is 13.3. The molecule has 15 rings (SSSR count). The van der Waals surface area contributed by atoms with Crippen molar-refractivity contribution in [2.24, 2.45) is 23.7 Å². The van der Waals surface area contributed by atoms with Gasteiger partial charge in [-0.1, -0.05) is 298 Å². The molecule has 120 heavy (non-hydrogen) atoms. The third kappa shape index (κ3) is 22.4. The number of fused-ring (bicyclic) bond motifs is 12. The maximum absolute atomic E-state index is 11.7. The molecule has 12 heteroatoms. The van der Waals surface area contributed by atoms with Crippen LogP contribution in [0.5, 0.6) is 0 Å². The topological polar surface area (TPSA) is 151 Å². The van der Waals surface area contributed by atoms with Crippen molar-refractivity contribution in [3.63, 3.8) is 0 Å². The van der Waals surface area contributed by atoms with Crippen molar-refractivity contribution < 1.29 is 90.0 Å². The van der Waals surface area contributed by atoms with Gasteiger partial charge in [0.15, 0.2) is 17.3 Å². The standard InChI is InChI=1S/C29H28N.2C28H26N.C13H24O2.2C5H8O2.3Ir/c1-18(2)15-20-9-8-12-27-22(20)13-14-26(30-27)21-16-19(3)28-23-10-6-7-11-24(23)29(4,5)25(28)17-21;1-17(2)19-10-11-22-20(15-19)12-13-29-27(22)21-14-18(3)26-23-8-6-7-9-24(23)28(4,5)25(26)16-21;1-18(2)16-19-8-7-11-27-21(19)14-15-26(29-27)20-12-13-23-22-9-5-6-10-24(22)28(3,4)25(23)17-20;1-5-10(6-2)12(14)9-13(15)11(7-3)8-4;2*1-4(6)3-5(2)7;;;/h6-14,17-18H,15H2,1-5H3;6-13,15-17H,1-5H3;5-11,13-15,17-18H,16H2,1-4H3;9-11,14H,5-8H2,1-4H3;2*3,6H,1-2H3;;;/q3*-1;;;;;;. The SMILES string of the molecule is CC(=O)C=C(C)O.CC(=O)C=C(C)O.CC(C)Cc1cccc2nc(-c3[c-]cc4c(c3)C(C)(C)c3ccccc3-4)ccc12.CCC(CC)C(=O)C=C(O)C(CC)CC.Cc1[c-]c(-c2ccc3c(CC(C)C)cccc3n2)cc2c1-c1ccccc1C2(C)C.Cc1[c-]c(-c2nccc3cc(C(C)C)ccc23)cc2c1-c1ccccc1C2(C)C.[Ir].[Ir].[Ir]. The first kappa shape index (κ1) is 97.9. The number of aromatic nitrogens is 3. The molecule has 3 aliphatic rings. The molecule has 9 nitrogen and oxygen atoms in total. The molecule has 0 bridgehead atoms. The molecular formula is C108H120Ir3N3O6-3. The zero-order valence-corrected chi connectivity index (χ0v) is 81.4. The molecule has 0 amide bonds. The van der Waals surface area contributed by atoms with Gasteiger partial charge in [0.1, 0.15) is 0 Å². The van der Waals surface area contributed by atoms with Crippen molar-refractivity contribution in [3.05, 3.63) is 303 Å². The third-order valence-corrected chi connectivity index (χ3v) is 23.2. The maximum atomic E-state index is 11.7. The van der Waals surface area contributed by atoms with Gasteiger partial charge in [-0.25, -0.2) is 0 Å². The van der Waals surface area contributed by atoms with Crippen LogP contribution in [0.4, 0.5) is 0 Å². The van der Waals surface area contributed by atoms with Crippen LogP contribution in [-0.2, 0) is 104 Å². The first-order valence-corrected chi connectivity index (χ1v) is 41.9. The molecule has 9 aromatic carbocycles. The quantitative estimate of drug-likeness (QED) is 0.0460. The first-order chi connectivity index (χ1) is 55.5. The summed E-state index contributed by atoms with van der Waals surface area (Å²) in [4.78, 5) is 46.6. The molecular weight excluding hydrogens is 2010 g/mol. The zero-order chi connectivity index (χ0) is 85.1. The van der Waals surface area contributed by atoms with Crippen molar-refractivity contribution in [2.75, 3.05) is 0 Å². The molecule has 0 spiro atoms. The predicted octanol–water partition coefficient (Wildman–Crippen LogP) is 28.1.